The molecule has 3 rings (SSSR count). The van der Waals surface area contributed by atoms with Crippen LogP contribution in [-0.2, 0) is 12.3 Å². The van der Waals surface area contributed by atoms with Gasteiger partial charge in [-0.2, -0.15) is 0 Å². The van der Waals surface area contributed by atoms with Gasteiger partial charge in [0.25, 0.3) is 0 Å². The van der Waals surface area contributed by atoms with Gasteiger partial charge in [0, 0.05) is 21.8 Å². The number of thioether (sulfide) groups is 1. The summed E-state index contributed by atoms with van der Waals surface area (Å²) in [5.74, 6) is 2.36. The average molecular weight is 479 g/mol. The first-order chi connectivity index (χ1) is 13.5. The molecule has 3 aromatic rings. The predicted molar refractivity (Wildman–Crippen MR) is 119 cm³/mol. The highest BCUT2D eigenvalue weighted by molar-refractivity contribution is 9.10. The lowest BCUT2D eigenvalue weighted by atomic mass is 10.2. The monoisotopic (exact) mass is 477 g/mol. The van der Waals surface area contributed by atoms with Gasteiger partial charge in [-0.15, -0.1) is 16.8 Å². The summed E-state index contributed by atoms with van der Waals surface area (Å²) in [6.07, 6.45) is 1.59. The molecule has 1 atom stereocenters. The average Bonchev–Trinajstić information content (AvgIpc) is 3.05. The molecule has 0 fully saturated rings. The zero-order valence-corrected chi connectivity index (χ0v) is 18.9. The molecule has 1 unspecified atom stereocenters. The van der Waals surface area contributed by atoms with Crippen molar-refractivity contribution in [2.24, 2.45) is 0 Å². The number of rotatable bonds is 8. The highest BCUT2D eigenvalue weighted by Crippen LogP contribution is 2.29. The van der Waals surface area contributed by atoms with Gasteiger partial charge in [0.1, 0.15) is 5.75 Å². The number of aryl methyl sites for hydroxylation is 1. The van der Waals surface area contributed by atoms with E-state index in [9.17, 15) is 0 Å². The third-order valence-corrected chi connectivity index (χ3v) is 5.88. The quantitative estimate of drug-likeness (QED) is 0.269. The second-order valence-electron chi connectivity index (χ2n) is 6.33. The summed E-state index contributed by atoms with van der Waals surface area (Å²) in [6, 6.07) is 13.8. The van der Waals surface area contributed by atoms with E-state index < -0.39 is 0 Å². The minimum Gasteiger partial charge on any atom is -0.482 e. The summed E-state index contributed by atoms with van der Waals surface area (Å²) >= 11 is 11.2. The normalized spacial score (nSPS) is 12.0. The molecule has 2 aromatic carbocycles. The Morgan fingerprint density at radius 2 is 2.11 bits per heavy atom. The maximum absolute atomic E-state index is 6.13. The smallest absolute Gasteiger partial charge is 0.191 e. The molecule has 0 aliphatic heterocycles. The summed E-state index contributed by atoms with van der Waals surface area (Å²) in [5, 5.41) is 10.3. The van der Waals surface area contributed by atoms with Gasteiger partial charge in [0.05, 0.1) is 0 Å². The molecule has 1 heterocycles. The largest absolute Gasteiger partial charge is 0.482 e. The van der Waals surface area contributed by atoms with Crippen LogP contribution in [0.5, 0.6) is 5.75 Å². The van der Waals surface area contributed by atoms with E-state index >= 15 is 0 Å². The van der Waals surface area contributed by atoms with E-state index in [2.05, 4.69) is 44.8 Å². The van der Waals surface area contributed by atoms with Crippen LogP contribution < -0.4 is 4.74 Å². The molecule has 0 spiro atoms. The van der Waals surface area contributed by atoms with Crippen molar-refractivity contribution in [2.45, 2.75) is 37.4 Å². The molecule has 0 bridgehead atoms. The minimum atomic E-state index is -0.257. The zero-order chi connectivity index (χ0) is 20.1. The maximum Gasteiger partial charge on any atom is 0.191 e. The van der Waals surface area contributed by atoms with E-state index in [1.807, 2.05) is 54.8 Å². The van der Waals surface area contributed by atoms with Gasteiger partial charge in [0.2, 0.25) is 0 Å². The Balaban J connectivity index is 1.78. The van der Waals surface area contributed by atoms with E-state index in [0.717, 1.165) is 32.5 Å². The van der Waals surface area contributed by atoms with Crippen molar-refractivity contribution in [2.75, 3.05) is 0 Å². The van der Waals surface area contributed by atoms with Crippen LogP contribution in [0.2, 0.25) is 5.02 Å². The summed E-state index contributed by atoms with van der Waals surface area (Å²) in [7, 11) is 0. The number of aromatic nitrogens is 3. The van der Waals surface area contributed by atoms with Gasteiger partial charge in [-0.1, -0.05) is 57.5 Å². The van der Waals surface area contributed by atoms with Crippen LogP contribution in [0.15, 0.2) is 64.7 Å². The Labute approximate surface area is 183 Å². The third kappa shape index (κ3) is 5.19. The van der Waals surface area contributed by atoms with E-state index in [-0.39, 0.29) is 6.10 Å². The third-order valence-electron chi connectivity index (χ3n) is 4.12. The molecule has 0 saturated carbocycles. The fourth-order valence-electron chi connectivity index (χ4n) is 2.77. The minimum absolute atomic E-state index is 0.257. The molecule has 1 aromatic heterocycles. The molecule has 0 saturated heterocycles. The molecular weight excluding hydrogens is 458 g/mol. The molecular formula is C21H21BrClN3OS. The number of ether oxygens (including phenoxy) is 1. The molecule has 7 heteroatoms. The van der Waals surface area contributed by atoms with Crippen LogP contribution in [0.3, 0.4) is 0 Å². The van der Waals surface area contributed by atoms with Crippen molar-refractivity contribution in [3.05, 3.63) is 81.6 Å². The summed E-state index contributed by atoms with van der Waals surface area (Å²) in [4.78, 5) is 0. The van der Waals surface area contributed by atoms with Crippen molar-refractivity contribution in [3.63, 3.8) is 0 Å². The van der Waals surface area contributed by atoms with Crippen molar-refractivity contribution < 1.29 is 4.74 Å². The van der Waals surface area contributed by atoms with Gasteiger partial charge in [-0.3, -0.25) is 4.57 Å². The van der Waals surface area contributed by atoms with Gasteiger partial charge >= 0.3 is 0 Å². The fraction of sp³-hybridized carbons (Fsp3) is 0.238. The van der Waals surface area contributed by atoms with Crippen LogP contribution in [0.4, 0.5) is 0 Å². The number of benzene rings is 2. The first-order valence-corrected chi connectivity index (χ1v) is 11.0. The first-order valence-electron chi connectivity index (χ1n) is 8.82. The van der Waals surface area contributed by atoms with E-state index in [1.54, 1.807) is 11.8 Å². The van der Waals surface area contributed by atoms with E-state index in [1.165, 1.54) is 5.56 Å². The van der Waals surface area contributed by atoms with Crippen LogP contribution in [0.1, 0.15) is 30.0 Å². The zero-order valence-electron chi connectivity index (χ0n) is 15.7. The van der Waals surface area contributed by atoms with Crippen LogP contribution in [-0.4, -0.2) is 14.8 Å². The first kappa shape index (κ1) is 21.0. The van der Waals surface area contributed by atoms with Crippen molar-refractivity contribution in [1.29, 1.82) is 0 Å². The molecule has 0 aliphatic rings. The van der Waals surface area contributed by atoms with Crippen molar-refractivity contribution in [1.82, 2.24) is 14.8 Å². The van der Waals surface area contributed by atoms with E-state index in [4.69, 9.17) is 16.3 Å². The summed E-state index contributed by atoms with van der Waals surface area (Å²) < 4.78 is 9.25. The Kier molecular flexibility index (Phi) is 7.21. The SMILES string of the molecule is C=CCn1c(SCc2cccc(Br)c2)nnc1C(C)Oc1ccc(Cl)cc1C. The Bertz CT molecular complexity index is 976. The molecule has 0 radical (unpaired) electrons. The summed E-state index contributed by atoms with van der Waals surface area (Å²) in [6.45, 7) is 8.44. The molecule has 146 valence electrons. The maximum atomic E-state index is 6.13. The Hall–Kier alpha value is -1.76. The number of nitrogens with zero attached hydrogens (tertiary/aromatic N) is 3. The highest BCUT2D eigenvalue weighted by Gasteiger charge is 2.19. The van der Waals surface area contributed by atoms with Gasteiger partial charge < -0.3 is 4.74 Å². The molecule has 4 nitrogen and oxygen atoms in total. The molecule has 0 N–H and O–H groups in total. The van der Waals surface area contributed by atoms with Gasteiger partial charge in [-0.25, -0.2) is 0 Å². The van der Waals surface area contributed by atoms with Crippen LogP contribution in [0, 0.1) is 6.92 Å². The highest BCUT2D eigenvalue weighted by atomic mass is 79.9. The topological polar surface area (TPSA) is 39.9 Å². The fourth-order valence-corrected chi connectivity index (χ4v) is 4.34. The Morgan fingerprint density at radius 1 is 1.29 bits per heavy atom. The number of hydrogen-bond donors (Lipinski definition) is 0. The number of halogens is 2. The van der Waals surface area contributed by atoms with Gasteiger partial charge in [-0.05, 0) is 55.3 Å². The van der Waals surface area contributed by atoms with Crippen molar-refractivity contribution in [3.8, 4) is 5.75 Å². The summed E-state index contributed by atoms with van der Waals surface area (Å²) in [5.41, 5.74) is 2.20. The number of allylic oxidation sites excluding steroid dienone is 1. The lowest BCUT2D eigenvalue weighted by Gasteiger charge is -2.17. The Morgan fingerprint density at radius 3 is 2.82 bits per heavy atom. The number of hydrogen-bond acceptors (Lipinski definition) is 4. The predicted octanol–water partition coefficient (Wildman–Crippen LogP) is 6.62. The standard InChI is InChI=1S/C21H21BrClN3OS/c1-4-10-26-20(15(3)27-19-9-8-18(23)11-14(19)2)24-25-21(26)28-13-16-6-5-7-17(22)12-16/h4-9,11-12,15H,1,10,13H2,2-3H3. The van der Waals surface area contributed by atoms with Gasteiger partial charge in [0.15, 0.2) is 17.1 Å². The van der Waals surface area contributed by atoms with Crippen LogP contribution in [0.25, 0.3) is 0 Å². The van der Waals surface area contributed by atoms with Crippen LogP contribution >= 0.6 is 39.3 Å². The van der Waals surface area contributed by atoms with Crippen molar-refractivity contribution >= 4 is 39.3 Å². The van der Waals surface area contributed by atoms with E-state index in [0.29, 0.717) is 11.6 Å². The second kappa shape index (κ2) is 9.63. The molecule has 0 amide bonds. The second-order valence-corrected chi connectivity index (χ2v) is 8.62. The lowest BCUT2D eigenvalue weighted by molar-refractivity contribution is 0.209. The molecule has 28 heavy (non-hydrogen) atoms. The lowest BCUT2D eigenvalue weighted by Crippen LogP contribution is -2.12. The molecule has 0 aliphatic carbocycles.